The van der Waals surface area contributed by atoms with Gasteiger partial charge in [0.05, 0.1) is 125 Å². The number of aryl methyl sites for hydroxylation is 4. The van der Waals surface area contributed by atoms with Gasteiger partial charge in [0.25, 0.3) is 16.7 Å². The molecule has 6 unspecified atom stereocenters. The number of nitrogens with one attached hydrogen (secondary N) is 3. The molecule has 0 bridgehead atoms. The predicted molar refractivity (Wildman–Crippen MR) is 459 cm³/mol. The fraction of sp³-hybridized carbons (Fsp3) is 0.581. The molecule has 14 rings (SSSR count). The molecule has 6 aliphatic rings. The van der Waals surface area contributed by atoms with E-state index in [-0.39, 0.29) is 95.0 Å². The number of anilines is 3. The lowest BCUT2D eigenvalue weighted by molar-refractivity contribution is -0.0862. The zero-order chi connectivity index (χ0) is 89.2. The first-order valence-corrected chi connectivity index (χ1v) is 54.2. The van der Waals surface area contributed by atoms with Crippen LogP contribution in [0.1, 0.15) is 111 Å². The van der Waals surface area contributed by atoms with Crippen LogP contribution in [0.5, 0.6) is 0 Å². The van der Waals surface area contributed by atoms with Crippen LogP contribution in [0, 0.1) is 27.7 Å². The van der Waals surface area contributed by atoms with Crippen LogP contribution in [-0.2, 0) is 148 Å². The van der Waals surface area contributed by atoms with E-state index in [9.17, 15) is 57.0 Å². The number of fused-ring (bicyclic) bond motifs is 2. The highest BCUT2D eigenvalue weighted by atomic mass is 32.7. The largest absolute Gasteiger partial charge is 0.536 e. The first-order valence-electron chi connectivity index (χ1n) is 37.6. The Hall–Kier alpha value is -5.76. The van der Waals surface area contributed by atoms with Gasteiger partial charge < -0.3 is 59.2 Å². The molecule has 14 heterocycles. The van der Waals surface area contributed by atoms with Crippen molar-refractivity contribution in [2.24, 2.45) is 0 Å². The Morgan fingerprint density at radius 3 is 1.23 bits per heavy atom. The van der Waals surface area contributed by atoms with Crippen molar-refractivity contribution in [2.75, 3.05) is 57.3 Å². The number of aromatic amines is 3. The maximum absolute atomic E-state index is 15.0. The second kappa shape index (κ2) is 38.0. The molecule has 8 aromatic heterocycles. The van der Waals surface area contributed by atoms with Gasteiger partial charge in [0.2, 0.25) is 0 Å². The van der Waals surface area contributed by atoms with E-state index in [2.05, 4.69) is 112 Å². The summed E-state index contributed by atoms with van der Waals surface area (Å²) in [6.07, 6.45) is -11.5. The van der Waals surface area contributed by atoms with Crippen LogP contribution in [0.25, 0.3) is 22.3 Å². The zero-order valence-corrected chi connectivity index (χ0v) is 76.7. The number of hydrogen-bond acceptors (Lipinski definition) is 38. The summed E-state index contributed by atoms with van der Waals surface area (Å²) in [4.78, 5) is 150. The van der Waals surface area contributed by atoms with Gasteiger partial charge in [0.15, 0.2) is 53.4 Å². The molecule has 6 fully saturated rings. The molecule has 0 radical (unpaired) electrons. The number of nitrogens with two attached hydrogens (primary N) is 3. The van der Waals surface area contributed by atoms with Gasteiger partial charge in [-0.3, -0.25) is 107 Å². The number of aromatic nitrogens is 16. The van der Waals surface area contributed by atoms with E-state index in [1.165, 1.54) is 84.6 Å². The van der Waals surface area contributed by atoms with E-state index in [1.54, 1.807) is 13.8 Å². The number of nitrogen functional groups attached to an aromatic ring is 3. The number of rotatable bonds is 35. The van der Waals surface area contributed by atoms with E-state index in [1.807, 2.05) is 0 Å². The summed E-state index contributed by atoms with van der Waals surface area (Å²) in [5, 5.41) is 0. The third-order valence-corrected chi connectivity index (χ3v) is 31.2. The summed E-state index contributed by atoms with van der Waals surface area (Å²) in [6.45, 7) is -22.0. The summed E-state index contributed by atoms with van der Waals surface area (Å²) in [6, 6.07) is 0. The molecule has 8 aromatic rings. The molecule has 124 heavy (non-hydrogen) atoms. The molecule has 0 aliphatic carbocycles. The Labute approximate surface area is 729 Å². The van der Waals surface area contributed by atoms with Gasteiger partial charge in [0, 0.05) is 73.4 Å². The maximum atomic E-state index is 15.0. The van der Waals surface area contributed by atoms with E-state index >= 15 is 4.57 Å². The van der Waals surface area contributed by atoms with Crippen LogP contribution in [0.15, 0.2) is 83.7 Å². The standard InChI is InChI=1S/C62H83N19O31P6S6/c1-7-31-32(8-43(101-31)77-15-28(3)56(82)73-60(77)86)108-114(90,120)96-19-40-35(11-46(104-40)79-17-30(5)58(84)75-62(79)88)110-115(91,121)98-20-39-34(10-44(103-39)76-14-27(2)51(63)72-59(76)85)109-116(92,122)99-21-41-37(13-48(105-41)81-26-71-50-53(65)67-24-69-55(50)81)112-118(94,124)100-22-42-36(12-47(106-42)80-25-70-49-52(64)66-23-68-54(49)80)111-117(93,123)97-18-38-33(107-113(89,119)95-6)9-45(102-38)78-16-29(4)57(83)74-61(78)87/h14-17,23-26,31-48H,7-13,18-22H2,1-6H3,(H,89,119)(H,90,120)(H,91,121)(H,92,122)(H,93,123)(H,94,124)(H2,63,72,85)(H2,64,66,68)(H2,65,67,69)(H,73,82,86)(H,74,83,87)(H,75,84,88)/p+6/t31-,32-,33-,34-,35-,36-,37-,38-,39-,40-,41-,42-,43-,44-,45-,46-,47-,48-,113?,114?,115?,116?,117?,118?/m1/s1. The first-order chi connectivity index (χ1) is 58.4. The van der Waals surface area contributed by atoms with Gasteiger partial charge in [-0.05, 0) is 46.4 Å². The summed E-state index contributed by atoms with van der Waals surface area (Å²) in [5.41, 5.74) is 14.8. The lowest BCUT2D eigenvalue weighted by atomic mass is 10.1. The van der Waals surface area contributed by atoms with Crippen molar-refractivity contribution in [1.82, 2.24) is 77.2 Å². The average Bonchev–Trinajstić information content (AvgIpc) is 1.62. The van der Waals surface area contributed by atoms with Gasteiger partial charge in [-0.15, -0.1) is 0 Å². The van der Waals surface area contributed by atoms with Crippen LogP contribution in [0.3, 0.4) is 0 Å². The number of ether oxygens (including phenoxy) is 6. The Morgan fingerprint density at radius 2 is 0.806 bits per heavy atom. The van der Waals surface area contributed by atoms with Crippen molar-refractivity contribution in [3.8, 4) is 0 Å². The highest BCUT2D eigenvalue weighted by Gasteiger charge is 2.55. The number of aliphatic hydroxyl groups is 3. The molecule has 0 amide bonds. The van der Waals surface area contributed by atoms with Crippen LogP contribution in [0.2, 0.25) is 0 Å². The molecule has 0 aromatic carbocycles. The quantitative estimate of drug-likeness (QED) is 0.0144. The molecular formula is C62H89N19O31P6S6+6. The third-order valence-electron chi connectivity index (χ3n) is 20.8. The monoisotopic (exact) mass is 1970 g/mol. The molecular weight excluding hydrogens is 1890 g/mol. The van der Waals surface area contributed by atoms with Crippen molar-refractivity contribution in [1.29, 1.82) is 0 Å². The molecule has 14 N–H and O–H groups in total. The second-order valence-corrected chi connectivity index (χ2v) is 47.5. The number of thiol groups is 1. The minimum absolute atomic E-state index is 0.0182. The smallest absolute Gasteiger partial charge is 0.383 e. The minimum Gasteiger partial charge on any atom is -0.383 e. The predicted octanol–water partition coefficient (Wildman–Crippen LogP) is 0.0941. The van der Waals surface area contributed by atoms with Gasteiger partial charge in [-0.2, -0.15) is 9.55 Å². The Balaban J connectivity index is 0.672. The summed E-state index contributed by atoms with van der Waals surface area (Å²) < 4.78 is 170. The van der Waals surface area contributed by atoms with Crippen molar-refractivity contribution in [3.63, 3.8) is 0 Å². The first kappa shape index (κ1) is 94.4. The number of H-pyrrole nitrogens is 3. The average molecular weight is 1970 g/mol. The molecule has 678 valence electrons. The van der Waals surface area contributed by atoms with Gasteiger partial charge in [-0.1, -0.05) is 6.92 Å². The Morgan fingerprint density at radius 1 is 0.468 bits per heavy atom. The number of hydrogen-bond donors (Lipinski definition) is 9. The van der Waals surface area contributed by atoms with Crippen molar-refractivity contribution in [2.45, 2.75) is 190 Å². The third kappa shape index (κ3) is 21.9. The zero-order valence-electron chi connectivity index (χ0n) is 65.8. The Kier molecular flexibility index (Phi) is 28.9. The van der Waals surface area contributed by atoms with Gasteiger partial charge >= 0.3 is 63.4 Å². The normalized spacial score (nSPS) is 29.6. The van der Waals surface area contributed by atoms with E-state index in [0.29, 0.717) is 12.0 Å². The molecule has 6 aliphatic heterocycles. The van der Waals surface area contributed by atoms with E-state index < -0.39 is 224 Å². The highest BCUT2D eigenvalue weighted by molar-refractivity contribution is 8.44. The van der Waals surface area contributed by atoms with Crippen molar-refractivity contribution in [3.05, 3.63) is 145 Å². The Bertz CT molecular complexity index is 6130. The van der Waals surface area contributed by atoms with Crippen LogP contribution in [-0.4, -0.2) is 214 Å². The van der Waals surface area contributed by atoms with Gasteiger partial charge in [0.1, 0.15) is 110 Å². The molecule has 0 spiro atoms. The van der Waals surface area contributed by atoms with Crippen LogP contribution < -0.4 is 56.6 Å². The van der Waals surface area contributed by atoms with Crippen LogP contribution in [0.4, 0.5) is 17.5 Å². The molecule has 6 saturated heterocycles. The van der Waals surface area contributed by atoms with Crippen LogP contribution >= 0.6 is 52.9 Å². The second-order valence-electron chi connectivity index (χ2n) is 29.3. The van der Waals surface area contributed by atoms with Gasteiger partial charge in [-0.25, -0.2) is 62.8 Å². The topological polar surface area (TPSA) is 650 Å². The lowest BCUT2D eigenvalue weighted by Crippen LogP contribution is -2.33. The van der Waals surface area contributed by atoms with Crippen molar-refractivity contribution >= 4 is 153 Å². The number of nitrogens with zero attached hydrogens (tertiary/aromatic N) is 13. The molecule has 50 nitrogen and oxygen atoms in total. The fourth-order valence-electron chi connectivity index (χ4n) is 14.6. The maximum Gasteiger partial charge on any atom is 0.536 e. The highest BCUT2D eigenvalue weighted by Crippen LogP contribution is 2.59. The van der Waals surface area contributed by atoms with Crippen molar-refractivity contribution < 1.29 is 111 Å². The van der Waals surface area contributed by atoms with E-state index in [0.717, 1.165) is 20.8 Å². The SMILES string of the molecule is CC[C@H]1O[C@@H](n2cc(C)c(=O)[nH]c2=O)C[C@H]1[OH+]P(O)(=S)OC[C@H]1O[C@@H](n2cc(C)c(=O)[nH]c2=O)C[C@H]1OP(=O)([SH2+])OC[C@H]1O[C@@H](n2cc(C)c(N)nc2=O)C[C@H]1[OH+]P(=O)(S)OC[C@H]1O[C@@H](n2cnc3c(N)ncnc32)C[C@H]1[OH+]P(O)(=S)OC[C@H]1O[C@@H](n2cnc3c(N)ncnc32)C[C@H]1OP(=O)([SH2+])OC[C@H]1O[C@@H](n2cc(C)c(=O)[nH]c2=O)C[C@H]1OP(=O)([SH2+])OC. The fourth-order valence-corrected chi connectivity index (χ4v) is 23.7. The number of imidazole rings is 2. The molecule has 62 heteroatoms. The molecule has 24 atom stereocenters. The summed E-state index contributed by atoms with van der Waals surface area (Å²) in [5.74, 6) is -0.0431. The summed E-state index contributed by atoms with van der Waals surface area (Å²) in [7, 11) is 1.11. The summed E-state index contributed by atoms with van der Waals surface area (Å²) >= 11 is 25.1. The lowest BCUT2D eigenvalue weighted by Gasteiger charge is -2.24. The minimum atomic E-state index is -4.66. The molecule has 0 saturated carbocycles. The van der Waals surface area contributed by atoms with E-state index in [4.69, 9.17) is 110 Å².